The minimum atomic E-state index is -2.08. The Morgan fingerprint density at radius 3 is 1.82 bits per heavy atom. The molecule has 0 heterocycles. The lowest BCUT2D eigenvalue weighted by Gasteiger charge is -2.19. The molecule has 0 saturated heterocycles. The topological polar surface area (TPSA) is 74.2 Å². The van der Waals surface area contributed by atoms with Gasteiger partial charge >= 0.3 is 5.97 Å². The van der Waals surface area contributed by atoms with Crippen LogP contribution in [0.1, 0.15) is 16.7 Å². The normalized spacial score (nSPS) is 11.1. The van der Waals surface area contributed by atoms with E-state index in [-0.39, 0.29) is 5.56 Å². The van der Waals surface area contributed by atoms with Gasteiger partial charge in [0, 0.05) is 5.56 Å². The second-order valence-electron chi connectivity index (χ2n) is 5.95. The number of alkyl halides is 2. The first-order valence-electron chi connectivity index (χ1n) is 8.36. The third-order valence-corrected chi connectivity index (χ3v) is 5.03. The summed E-state index contributed by atoms with van der Waals surface area (Å²) in [5, 5.41) is 9.22. The van der Waals surface area contributed by atoms with Gasteiger partial charge in [-0.15, -0.1) is 0 Å². The number of ether oxygens (including phenoxy) is 4. The van der Waals surface area contributed by atoms with Crippen molar-refractivity contribution in [2.24, 2.45) is 0 Å². The van der Waals surface area contributed by atoms with Crippen LogP contribution in [-0.4, -0.2) is 39.5 Å². The van der Waals surface area contributed by atoms with E-state index in [1.807, 2.05) is 12.1 Å². The molecule has 0 amide bonds. The molecule has 0 aromatic heterocycles. The molecule has 0 saturated carbocycles. The van der Waals surface area contributed by atoms with Crippen LogP contribution in [0.25, 0.3) is 0 Å². The first kappa shape index (κ1) is 22.0. The second kappa shape index (κ2) is 9.26. The molecular weight excluding hydrogens is 407 g/mol. The average molecular weight is 429 g/mol. The summed E-state index contributed by atoms with van der Waals surface area (Å²) in [6, 6.07) is 8.85. The smallest absolute Gasteiger partial charge is 0.345 e. The zero-order valence-electron chi connectivity index (χ0n) is 16.0. The summed E-state index contributed by atoms with van der Waals surface area (Å²) < 4.78 is 19.3. The minimum absolute atomic E-state index is 0.183. The van der Waals surface area contributed by atoms with E-state index in [1.165, 1.54) is 7.11 Å². The Bertz CT molecular complexity index is 826. The van der Waals surface area contributed by atoms with Gasteiger partial charge in [0.15, 0.2) is 11.5 Å². The van der Waals surface area contributed by atoms with Crippen LogP contribution in [0.3, 0.4) is 0 Å². The summed E-state index contributed by atoms with van der Waals surface area (Å²) in [6.07, 6.45) is 1.35. The molecule has 8 heteroatoms. The molecule has 0 radical (unpaired) electrons. The van der Waals surface area contributed by atoms with Crippen LogP contribution in [0.5, 0.6) is 23.0 Å². The van der Waals surface area contributed by atoms with Gasteiger partial charge in [0.05, 0.1) is 28.4 Å². The molecule has 1 N–H and O–H groups in total. The van der Waals surface area contributed by atoms with Gasteiger partial charge in [0.2, 0.25) is 10.1 Å². The van der Waals surface area contributed by atoms with E-state index in [0.29, 0.717) is 35.8 Å². The number of aryl methyl sites for hydroxylation is 2. The summed E-state index contributed by atoms with van der Waals surface area (Å²) in [5.41, 5.74) is 2.11. The molecule has 0 spiro atoms. The van der Waals surface area contributed by atoms with Crippen LogP contribution in [0.4, 0.5) is 0 Å². The van der Waals surface area contributed by atoms with Gasteiger partial charge in [-0.05, 0) is 42.2 Å². The zero-order chi connectivity index (χ0) is 20.9. The lowest BCUT2D eigenvalue weighted by Crippen LogP contribution is -2.23. The summed E-state index contributed by atoms with van der Waals surface area (Å²) >= 11 is 11.9. The zero-order valence-corrected chi connectivity index (χ0v) is 17.6. The maximum atomic E-state index is 11.3. The first-order chi connectivity index (χ1) is 13.3. The third kappa shape index (κ3) is 4.56. The predicted molar refractivity (Wildman–Crippen MR) is 108 cm³/mol. The Kier molecular flexibility index (Phi) is 7.27. The number of halogens is 2. The van der Waals surface area contributed by atoms with Gasteiger partial charge in [-0.25, -0.2) is 4.79 Å². The van der Waals surface area contributed by atoms with Crippen molar-refractivity contribution in [2.75, 3.05) is 28.4 Å². The Balaban J connectivity index is 2.27. The molecule has 6 nitrogen and oxygen atoms in total. The summed E-state index contributed by atoms with van der Waals surface area (Å²) in [7, 11) is 6.13. The second-order valence-corrected chi connectivity index (χ2v) is 7.28. The number of hydrogen-bond donors (Lipinski definition) is 1. The summed E-state index contributed by atoms with van der Waals surface area (Å²) in [6.45, 7) is 0. The average Bonchev–Trinajstić information content (AvgIpc) is 2.70. The van der Waals surface area contributed by atoms with Crippen LogP contribution in [0, 0.1) is 0 Å². The Labute approximate surface area is 173 Å². The molecule has 0 fully saturated rings. The highest BCUT2D eigenvalue weighted by Crippen LogP contribution is 2.41. The minimum Gasteiger partial charge on any atom is -0.496 e. The quantitative estimate of drug-likeness (QED) is 0.602. The number of methoxy groups -OCH3 is 4. The molecule has 0 aliphatic carbocycles. The van der Waals surface area contributed by atoms with Crippen molar-refractivity contribution in [3.05, 3.63) is 47.0 Å². The van der Waals surface area contributed by atoms with Gasteiger partial charge in [0.1, 0.15) is 5.75 Å². The highest BCUT2D eigenvalue weighted by atomic mass is 35.5. The lowest BCUT2D eigenvalue weighted by atomic mass is 10.0. The van der Waals surface area contributed by atoms with Crippen LogP contribution >= 0.6 is 23.2 Å². The van der Waals surface area contributed by atoms with Crippen LogP contribution < -0.4 is 18.9 Å². The summed E-state index contributed by atoms with van der Waals surface area (Å²) in [5.74, 6) is 0.656. The monoisotopic (exact) mass is 428 g/mol. The fourth-order valence-electron chi connectivity index (χ4n) is 2.83. The lowest BCUT2D eigenvalue weighted by molar-refractivity contribution is -0.138. The molecule has 152 valence electrons. The maximum Gasteiger partial charge on any atom is 0.345 e. The highest BCUT2D eigenvalue weighted by Gasteiger charge is 2.38. The first-order valence-corrected chi connectivity index (χ1v) is 9.11. The number of benzene rings is 2. The number of carboxylic acid groups (broad SMARTS) is 1. The maximum absolute atomic E-state index is 11.3. The number of aliphatic carboxylic acids is 1. The van der Waals surface area contributed by atoms with Gasteiger partial charge in [-0.3, -0.25) is 0 Å². The van der Waals surface area contributed by atoms with E-state index >= 15 is 0 Å². The molecular formula is C20H22Cl2O6. The van der Waals surface area contributed by atoms with E-state index in [2.05, 4.69) is 0 Å². The van der Waals surface area contributed by atoms with Crippen LogP contribution in [0.2, 0.25) is 0 Å². The fourth-order valence-corrected chi connectivity index (χ4v) is 3.15. The molecule has 0 bridgehead atoms. The number of rotatable bonds is 9. The van der Waals surface area contributed by atoms with Crippen molar-refractivity contribution >= 4 is 29.2 Å². The largest absolute Gasteiger partial charge is 0.496 e. The number of carboxylic acids is 1. The van der Waals surface area contributed by atoms with Crippen molar-refractivity contribution in [1.29, 1.82) is 0 Å². The van der Waals surface area contributed by atoms with Crippen molar-refractivity contribution < 1.29 is 28.8 Å². The SMILES string of the molecule is COc1cc(CCc2cc(OC)c(OC)c(OC)c2)ccc1C(Cl)(Cl)C(=O)O. The van der Waals surface area contributed by atoms with E-state index < -0.39 is 10.3 Å². The molecule has 0 atom stereocenters. The van der Waals surface area contributed by atoms with Crippen molar-refractivity contribution in [3.8, 4) is 23.0 Å². The fraction of sp³-hybridized carbons (Fsp3) is 0.350. The number of carbonyl (C=O) groups is 1. The molecule has 2 rings (SSSR count). The molecule has 0 aliphatic heterocycles. The predicted octanol–water partition coefficient (Wildman–Crippen LogP) is 4.22. The van der Waals surface area contributed by atoms with Crippen LogP contribution in [0.15, 0.2) is 30.3 Å². The standard InChI is InChI=1S/C20H22Cl2O6/c1-25-15-9-12(7-8-14(15)20(21,22)19(23)24)5-6-13-10-16(26-2)18(28-4)17(11-13)27-3/h7-11H,5-6H2,1-4H3,(H,23,24). The van der Waals surface area contributed by atoms with Crippen LogP contribution in [-0.2, 0) is 22.0 Å². The van der Waals surface area contributed by atoms with E-state index in [9.17, 15) is 9.90 Å². The highest BCUT2D eigenvalue weighted by molar-refractivity contribution is 6.56. The molecule has 2 aromatic carbocycles. The van der Waals surface area contributed by atoms with E-state index in [0.717, 1.165) is 11.1 Å². The van der Waals surface area contributed by atoms with Gasteiger partial charge in [0.25, 0.3) is 0 Å². The molecule has 0 unspecified atom stereocenters. The van der Waals surface area contributed by atoms with Gasteiger partial charge < -0.3 is 24.1 Å². The van der Waals surface area contributed by atoms with Crippen molar-refractivity contribution in [1.82, 2.24) is 0 Å². The number of hydrogen-bond acceptors (Lipinski definition) is 5. The summed E-state index contributed by atoms with van der Waals surface area (Å²) in [4.78, 5) is 11.3. The van der Waals surface area contributed by atoms with Crippen molar-refractivity contribution in [2.45, 2.75) is 17.2 Å². The molecule has 28 heavy (non-hydrogen) atoms. The van der Waals surface area contributed by atoms with Crippen molar-refractivity contribution in [3.63, 3.8) is 0 Å². The van der Waals surface area contributed by atoms with E-state index in [4.69, 9.17) is 42.1 Å². The third-order valence-electron chi connectivity index (χ3n) is 4.30. The van der Waals surface area contributed by atoms with E-state index in [1.54, 1.807) is 39.5 Å². The van der Waals surface area contributed by atoms with Gasteiger partial charge in [-0.1, -0.05) is 35.3 Å². The van der Waals surface area contributed by atoms with Gasteiger partial charge in [-0.2, -0.15) is 0 Å². The Hall–Kier alpha value is -2.31. The Morgan fingerprint density at radius 2 is 1.36 bits per heavy atom. The molecule has 0 aliphatic rings. The Morgan fingerprint density at radius 1 is 0.857 bits per heavy atom. The molecule has 2 aromatic rings.